The summed E-state index contributed by atoms with van der Waals surface area (Å²) >= 11 is 0. The number of aromatic nitrogens is 2. The van der Waals surface area contributed by atoms with Crippen LogP contribution < -0.4 is 19.7 Å². The number of nitrogens with zero attached hydrogens (tertiary/aromatic N) is 4. The first-order valence-corrected chi connectivity index (χ1v) is 10.1. The van der Waals surface area contributed by atoms with Crippen LogP contribution >= 0.6 is 0 Å². The van der Waals surface area contributed by atoms with Crippen LogP contribution in [0.3, 0.4) is 0 Å². The molecule has 0 bridgehead atoms. The largest absolute Gasteiger partial charge is 0.454 e. The van der Waals surface area contributed by atoms with Crippen LogP contribution in [-0.2, 0) is 19.5 Å². The van der Waals surface area contributed by atoms with Crippen molar-refractivity contribution in [3.8, 4) is 11.5 Å². The first-order chi connectivity index (χ1) is 14.6. The van der Waals surface area contributed by atoms with Crippen molar-refractivity contribution < 1.29 is 9.47 Å². The molecule has 154 valence electrons. The minimum absolute atomic E-state index is 0.268. The van der Waals surface area contributed by atoms with Crippen LogP contribution in [0.15, 0.2) is 48.7 Å². The number of hydrogen-bond acceptors (Lipinski definition) is 7. The zero-order chi connectivity index (χ0) is 20.5. The van der Waals surface area contributed by atoms with E-state index < -0.39 is 0 Å². The average Bonchev–Trinajstić information content (AvgIpc) is 3.22. The van der Waals surface area contributed by atoms with Gasteiger partial charge in [0.2, 0.25) is 12.7 Å². The normalized spacial score (nSPS) is 15.0. The molecule has 1 N–H and O–H groups in total. The molecule has 0 atom stereocenters. The van der Waals surface area contributed by atoms with E-state index in [0.29, 0.717) is 5.95 Å². The van der Waals surface area contributed by atoms with Crippen molar-refractivity contribution in [2.75, 3.05) is 37.6 Å². The van der Waals surface area contributed by atoms with Crippen LogP contribution in [0.25, 0.3) is 0 Å². The summed E-state index contributed by atoms with van der Waals surface area (Å²) in [4.78, 5) is 13.8. The summed E-state index contributed by atoms with van der Waals surface area (Å²) in [5, 5.41) is 3.27. The lowest BCUT2D eigenvalue weighted by Gasteiger charge is -2.28. The van der Waals surface area contributed by atoms with E-state index in [1.807, 2.05) is 24.4 Å². The van der Waals surface area contributed by atoms with E-state index >= 15 is 0 Å². The van der Waals surface area contributed by atoms with E-state index in [-0.39, 0.29) is 6.79 Å². The molecule has 2 aromatic carbocycles. The second-order valence-corrected chi connectivity index (χ2v) is 7.88. The average molecular weight is 403 g/mol. The summed E-state index contributed by atoms with van der Waals surface area (Å²) in [6.45, 7) is 3.06. The molecule has 2 aliphatic rings. The Morgan fingerprint density at radius 1 is 1.07 bits per heavy atom. The van der Waals surface area contributed by atoms with Gasteiger partial charge >= 0.3 is 0 Å². The third-order valence-electron chi connectivity index (χ3n) is 5.50. The third-order valence-corrected chi connectivity index (χ3v) is 5.50. The van der Waals surface area contributed by atoms with Gasteiger partial charge in [0, 0.05) is 69.4 Å². The molecule has 3 aromatic rings. The maximum atomic E-state index is 5.44. The van der Waals surface area contributed by atoms with Gasteiger partial charge in [-0.1, -0.05) is 12.1 Å². The van der Waals surface area contributed by atoms with Crippen molar-refractivity contribution in [3.05, 3.63) is 65.5 Å². The Morgan fingerprint density at radius 3 is 2.73 bits per heavy atom. The lowest BCUT2D eigenvalue weighted by Crippen LogP contribution is -2.31. The van der Waals surface area contributed by atoms with E-state index in [9.17, 15) is 0 Å². The fraction of sp³-hybridized carbons (Fsp3) is 0.304. The number of anilines is 3. The Balaban J connectivity index is 1.24. The Labute approximate surface area is 176 Å². The topological polar surface area (TPSA) is 62.8 Å². The lowest BCUT2D eigenvalue weighted by atomic mass is 10.1. The fourth-order valence-corrected chi connectivity index (χ4v) is 3.83. The van der Waals surface area contributed by atoms with Crippen molar-refractivity contribution in [2.45, 2.75) is 19.5 Å². The maximum absolute atomic E-state index is 5.44. The van der Waals surface area contributed by atoms with Gasteiger partial charge in [-0.25, -0.2) is 9.97 Å². The van der Waals surface area contributed by atoms with Gasteiger partial charge in [0.25, 0.3) is 0 Å². The molecule has 5 rings (SSSR count). The molecule has 0 amide bonds. The minimum atomic E-state index is 0.268. The van der Waals surface area contributed by atoms with Gasteiger partial charge in [-0.05, 0) is 29.8 Å². The predicted molar refractivity (Wildman–Crippen MR) is 116 cm³/mol. The smallest absolute Gasteiger partial charge is 0.231 e. The molecule has 1 aromatic heterocycles. The van der Waals surface area contributed by atoms with Crippen LogP contribution in [0.5, 0.6) is 11.5 Å². The van der Waals surface area contributed by atoms with Crippen LogP contribution in [0.1, 0.15) is 16.8 Å². The highest BCUT2D eigenvalue weighted by molar-refractivity contribution is 5.60. The second-order valence-electron chi connectivity index (χ2n) is 7.88. The lowest BCUT2D eigenvalue weighted by molar-refractivity contribution is 0.174. The van der Waals surface area contributed by atoms with Crippen molar-refractivity contribution in [1.82, 2.24) is 14.9 Å². The van der Waals surface area contributed by atoms with E-state index in [1.54, 1.807) is 0 Å². The summed E-state index contributed by atoms with van der Waals surface area (Å²) in [6.07, 6.45) is 2.86. The second kappa shape index (κ2) is 7.84. The zero-order valence-corrected chi connectivity index (χ0v) is 17.3. The highest BCUT2D eigenvalue weighted by atomic mass is 16.7. The van der Waals surface area contributed by atoms with Crippen LogP contribution in [0.2, 0.25) is 0 Å². The highest BCUT2D eigenvalue weighted by Crippen LogP contribution is 2.35. The first-order valence-electron chi connectivity index (χ1n) is 10.1. The molecule has 30 heavy (non-hydrogen) atoms. The van der Waals surface area contributed by atoms with Crippen LogP contribution in [0, 0.1) is 0 Å². The molecule has 0 spiro atoms. The molecule has 3 heterocycles. The molecule has 0 fully saturated rings. The summed E-state index contributed by atoms with van der Waals surface area (Å²) < 4.78 is 10.8. The minimum Gasteiger partial charge on any atom is -0.454 e. The molecule has 0 aliphatic carbocycles. The van der Waals surface area contributed by atoms with Crippen molar-refractivity contribution in [2.24, 2.45) is 0 Å². The van der Waals surface area contributed by atoms with Gasteiger partial charge in [0.15, 0.2) is 11.5 Å². The summed E-state index contributed by atoms with van der Waals surface area (Å²) in [5.74, 6) is 2.12. The highest BCUT2D eigenvalue weighted by Gasteiger charge is 2.19. The maximum Gasteiger partial charge on any atom is 0.231 e. The number of fused-ring (bicyclic) bond motifs is 2. The fourth-order valence-electron chi connectivity index (χ4n) is 3.83. The molecule has 0 unspecified atom stereocenters. The Morgan fingerprint density at radius 2 is 1.90 bits per heavy atom. The van der Waals surface area contributed by atoms with Gasteiger partial charge in [0.05, 0.1) is 5.69 Å². The standard InChI is InChI=1S/C23H25N5O2/c1-27(2)19-6-3-16(4-7-19)13-28-10-9-20-17(14-28)12-24-23(26-20)25-18-5-8-21-22(11-18)30-15-29-21/h3-8,11-12H,9-10,13-15H2,1-2H3,(H,24,25,26). The van der Waals surface area contributed by atoms with Gasteiger partial charge in [-0.2, -0.15) is 0 Å². The third kappa shape index (κ3) is 3.89. The number of ether oxygens (including phenoxy) is 2. The molecule has 0 radical (unpaired) electrons. The van der Waals surface area contributed by atoms with Crippen molar-refractivity contribution in [1.29, 1.82) is 0 Å². The monoisotopic (exact) mass is 403 g/mol. The predicted octanol–water partition coefficient (Wildman–Crippen LogP) is 3.57. The summed E-state index contributed by atoms with van der Waals surface area (Å²) in [6, 6.07) is 14.5. The molecule has 0 saturated carbocycles. The SMILES string of the molecule is CN(C)c1ccc(CN2CCc3nc(Nc4ccc5c(c4)OCO5)ncc3C2)cc1. The van der Waals surface area contributed by atoms with Crippen LogP contribution in [0.4, 0.5) is 17.3 Å². The summed E-state index contributed by atoms with van der Waals surface area (Å²) in [5.41, 5.74) is 5.75. The van der Waals surface area contributed by atoms with Gasteiger partial charge in [-0.15, -0.1) is 0 Å². The Bertz CT molecular complexity index is 1050. The van der Waals surface area contributed by atoms with Crippen molar-refractivity contribution >= 4 is 17.3 Å². The van der Waals surface area contributed by atoms with E-state index in [1.165, 1.54) is 16.8 Å². The quantitative estimate of drug-likeness (QED) is 0.699. The molecule has 2 aliphatic heterocycles. The molecule has 7 heteroatoms. The zero-order valence-electron chi connectivity index (χ0n) is 17.3. The molecule has 7 nitrogen and oxygen atoms in total. The Hall–Kier alpha value is -3.32. The Kier molecular flexibility index (Phi) is 4.88. The van der Waals surface area contributed by atoms with E-state index in [4.69, 9.17) is 14.5 Å². The summed E-state index contributed by atoms with van der Waals surface area (Å²) in [7, 11) is 4.12. The molecule has 0 saturated heterocycles. The number of rotatable bonds is 5. The van der Waals surface area contributed by atoms with Gasteiger partial charge < -0.3 is 19.7 Å². The molecular formula is C23H25N5O2. The number of benzene rings is 2. The first kappa shape index (κ1) is 18.7. The van der Waals surface area contributed by atoms with E-state index in [0.717, 1.165) is 48.9 Å². The number of hydrogen-bond donors (Lipinski definition) is 1. The molecular weight excluding hydrogens is 378 g/mol. The van der Waals surface area contributed by atoms with Crippen LogP contribution in [-0.4, -0.2) is 42.3 Å². The van der Waals surface area contributed by atoms with Crippen molar-refractivity contribution in [3.63, 3.8) is 0 Å². The number of nitrogens with one attached hydrogen (secondary N) is 1. The van der Waals surface area contributed by atoms with Gasteiger partial charge in [-0.3, -0.25) is 4.90 Å². The van der Waals surface area contributed by atoms with Gasteiger partial charge in [0.1, 0.15) is 0 Å². The van der Waals surface area contributed by atoms with E-state index in [2.05, 4.69) is 58.5 Å².